The fraction of sp³-hybridized carbons (Fsp3) is 0.300. The Labute approximate surface area is 159 Å². The summed E-state index contributed by atoms with van der Waals surface area (Å²) in [6.45, 7) is 5.61. The highest BCUT2D eigenvalue weighted by Crippen LogP contribution is 2.26. The predicted molar refractivity (Wildman–Crippen MR) is 104 cm³/mol. The largest absolute Gasteiger partial charge is 0.280 e. The van der Waals surface area contributed by atoms with Crippen molar-refractivity contribution >= 4 is 34.8 Å². The highest BCUT2D eigenvalue weighted by Gasteiger charge is 2.21. The lowest BCUT2D eigenvalue weighted by Gasteiger charge is -2.27. The van der Waals surface area contributed by atoms with Crippen LogP contribution in [-0.2, 0) is 9.63 Å². The van der Waals surface area contributed by atoms with Gasteiger partial charge in [-0.05, 0) is 57.2 Å². The van der Waals surface area contributed by atoms with Crippen molar-refractivity contribution in [1.29, 1.82) is 0 Å². The molecule has 0 radical (unpaired) electrons. The molecule has 0 fully saturated rings. The number of hydrogen-bond donors (Lipinski definition) is 0. The average Bonchev–Trinajstić information content (AvgIpc) is 2.61. The number of hydrogen-bond acceptors (Lipinski definition) is 3. The highest BCUT2D eigenvalue weighted by molar-refractivity contribution is 6.30. The molecule has 0 bridgehead atoms. The summed E-state index contributed by atoms with van der Waals surface area (Å²) in [6.07, 6.45) is 0. The van der Waals surface area contributed by atoms with Crippen LogP contribution in [0.3, 0.4) is 0 Å². The fourth-order valence-corrected chi connectivity index (χ4v) is 2.58. The van der Waals surface area contributed by atoms with E-state index in [0.29, 0.717) is 16.9 Å². The minimum Gasteiger partial charge on any atom is -0.280 e. The summed E-state index contributed by atoms with van der Waals surface area (Å²) in [5.41, 5.74) is 1.34. The molecule has 0 spiro atoms. The first kappa shape index (κ1) is 19.9. The second kappa shape index (κ2) is 8.34. The van der Waals surface area contributed by atoms with E-state index in [2.05, 4.69) is 0 Å². The van der Waals surface area contributed by atoms with Crippen molar-refractivity contribution in [3.8, 4) is 0 Å². The van der Waals surface area contributed by atoms with Gasteiger partial charge >= 0.3 is 0 Å². The van der Waals surface area contributed by atoms with Crippen molar-refractivity contribution in [3.05, 3.63) is 60.2 Å². The molecule has 0 heterocycles. The lowest BCUT2D eigenvalue weighted by molar-refractivity contribution is -0.182. The summed E-state index contributed by atoms with van der Waals surface area (Å²) in [5, 5.41) is 1.22. The molecule has 5 nitrogen and oxygen atoms in total. The Kier molecular flexibility index (Phi) is 6.40. The minimum absolute atomic E-state index is 0.141. The van der Waals surface area contributed by atoms with E-state index in [4.69, 9.17) is 16.4 Å². The number of alkyl halides is 1. The Morgan fingerprint density at radius 3 is 2.00 bits per heavy atom. The van der Waals surface area contributed by atoms with Gasteiger partial charge in [0.2, 0.25) is 5.91 Å². The van der Waals surface area contributed by atoms with Crippen LogP contribution in [0.5, 0.6) is 0 Å². The third-order valence-electron chi connectivity index (χ3n) is 3.45. The van der Waals surface area contributed by atoms with Crippen LogP contribution in [0.15, 0.2) is 54.6 Å². The fourth-order valence-electron chi connectivity index (χ4n) is 2.46. The quantitative estimate of drug-likeness (QED) is 0.576. The zero-order chi connectivity index (χ0) is 19.3. The predicted octanol–water partition coefficient (Wildman–Crippen LogP) is 4.39. The molecule has 2 rings (SSSR count). The molecular formula is C20H23ClN2O3. The molecule has 0 aromatic heterocycles. The zero-order valence-corrected chi connectivity index (χ0v) is 16.2. The van der Waals surface area contributed by atoms with Crippen LogP contribution in [0.4, 0.5) is 11.4 Å². The van der Waals surface area contributed by atoms with Crippen LogP contribution < -0.4 is 4.90 Å². The second-order valence-electron chi connectivity index (χ2n) is 6.75. The van der Waals surface area contributed by atoms with Gasteiger partial charge in [0.25, 0.3) is 5.91 Å². The Morgan fingerprint density at radius 1 is 0.962 bits per heavy atom. The van der Waals surface area contributed by atoms with E-state index in [9.17, 15) is 9.59 Å². The molecule has 2 aromatic carbocycles. The molecular weight excluding hydrogens is 352 g/mol. The molecule has 0 atom stereocenters. The summed E-state index contributed by atoms with van der Waals surface area (Å²) in [5.74, 6) is -0.649. The number of carbonyl (C=O) groups excluding carboxylic acids is 2. The van der Waals surface area contributed by atoms with E-state index >= 15 is 0 Å². The number of nitrogens with zero attached hydrogens (tertiary/aromatic N) is 2. The van der Waals surface area contributed by atoms with Gasteiger partial charge in [0.05, 0.1) is 5.60 Å². The number of hydroxylamine groups is 2. The number of rotatable bonds is 5. The molecule has 0 saturated heterocycles. The second-order valence-corrected chi connectivity index (χ2v) is 7.02. The molecule has 26 heavy (non-hydrogen) atoms. The summed E-state index contributed by atoms with van der Waals surface area (Å²) in [7, 11) is 1.58. The third-order valence-corrected chi connectivity index (χ3v) is 3.68. The van der Waals surface area contributed by atoms with Crippen molar-refractivity contribution in [3.63, 3.8) is 0 Å². The first-order valence-electron chi connectivity index (χ1n) is 8.24. The number of benzene rings is 2. The lowest BCUT2D eigenvalue weighted by atomic mass is 10.1. The number of carbonyl (C=O) groups is 2. The van der Waals surface area contributed by atoms with Gasteiger partial charge in [-0.15, -0.1) is 11.6 Å². The van der Waals surface area contributed by atoms with Gasteiger partial charge in [0, 0.05) is 24.0 Å². The van der Waals surface area contributed by atoms with Crippen molar-refractivity contribution in [1.82, 2.24) is 5.06 Å². The maximum Gasteiger partial charge on any atom is 0.277 e. The maximum atomic E-state index is 12.5. The van der Waals surface area contributed by atoms with E-state index in [1.807, 2.05) is 51.1 Å². The van der Waals surface area contributed by atoms with E-state index in [1.165, 1.54) is 9.96 Å². The van der Waals surface area contributed by atoms with Crippen molar-refractivity contribution in [2.45, 2.75) is 26.4 Å². The van der Waals surface area contributed by atoms with Gasteiger partial charge in [-0.2, -0.15) is 0 Å². The third kappa shape index (κ3) is 5.07. The van der Waals surface area contributed by atoms with E-state index in [0.717, 1.165) is 0 Å². The normalized spacial score (nSPS) is 11.1. The van der Waals surface area contributed by atoms with E-state index in [-0.39, 0.29) is 17.7 Å². The number of para-hydroxylation sites is 1. The summed E-state index contributed by atoms with van der Waals surface area (Å²) < 4.78 is 0. The Morgan fingerprint density at radius 2 is 1.50 bits per heavy atom. The van der Waals surface area contributed by atoms with Crippen molar-refractivity contribution in [2.24, 2.45) is 0 Å². The molecule has 0 unspecified atom stereocenters. The highest BCUT2D eigenvalue weighted by atomic mass is 35.5. The summed E-state index contributed by atoms with van der Waals surface area (Å²) in [6, 6.07) is 16.0. The molecule has 0 aliphatic rings. The van der Waals surface area contributed by atoms with Crippen molar-refractivity contribution < 1.29 is 14.4 Å². The molecule has 2 aromatic rings. The topological polar surface area (TPSA) is 49.9 Å². The van der Waals surface area contributed by atoms with Crippen LogP contribution >= 0.6 is 11.6 Å². The monoisotopic (exact) mass is 374 g/mol. The van der Waals surface area contributed by atoms with Crippen LogP contribution in [0, 0.1) is 0 Å². The molecule has 2 amide bonds. The molecule has 0 aliphatic carbocycles. The van der Waals surface area contributed by atoms with Gasteiger partial charge in [-0.1, -0.05) is 18.2 Å². The Hall–Kier alpha value is -2.37. The lowest BCUT2D eigenvalue weighted by Crippen LogP contribution is -2.35. The standard InChI is InChI=1S/C20H23ClN2O3/c1-20(2,3)26-22(4)19(25)15-10-12-17(13-11-15)23(18(24)14-21)16-8-6-5-7-9-16/h5-13H,14H2,1-4H3. The Balaban J connectivity index is 2.26. The smallest absolute Gasteiger partial charge is 0.277 e. The van der Waals surface area contributed by atoms with E-state index < -0.39 is 5.60 Å². The number of halogens is 1. The van der Waals surface area contributed by atoms with Crippen LogP contribution in [-0.4, -0.2) is 35.4 Å². The SMILES string of the molecule is CN(OC(C)(C)C)C(=O)c1ccc(N(C(=O)CCl)c2ccccc2)cc1. The maximum absolute atomic E-state index is 12.5. The summed E-state index contributed by atoms with van der Waals surface area (Å²) >= 11 is 5.76. The minimum atomic E-state index is -0.471. The van der Waals surface area contributed by atoms with Crippen LogP contribution in [0.1, 0.15) is 31.1 Å². The Bertz CT molecular complexity index is 755. The molecule has 0 N–H and O–H groups in total. The number of amides is 2. The van der Waals surface area contributed by atoms with Gasteiger partial charge in [0.15, 0.2) is 0 Å². The van der Waals surface area contributed by atoms with Gasteiger partial charge < -0.3 is 0 Å². The molecule has 138 valence electrons. The molecule has 0 saturated carbocycles. The molecule has 6 heteroatoms. The van der Waals surface area contributed by atoms with Gasteiger partial charge in [-0.3, -0.25) is 19.3 Å². The number of anilines is 2. The first-order chi connectivity index (χ1) is 12.2. The van der Waals surface area contributed by atoms with E-state index in [1.54, 1.807) is 31.3 Å². The zero-order valence-electron chi connectivity index (χ0n) is 15.4. The van der Waals surface area contributed by atoms with Gasteiger partial charge in [-0.25, -0.2) is 5.06 Å². The summed E-state index contributed by atoms with van der Waals surface area (Å²) in [4.78, 5) is 31.8. The van der Waals surface area contributed by atoms with Crippen LogP contribution in [0.2, 0.25) is 0 Å². The first-order valence-corrected chi connectivity index (χ1v) is 8.77. The van der Waals surface area contributed by atoms with Crippen molar-refractivity contribution in [2.75, 3.05) is 17.8 Å². The average molecular weight is 375 g/mol. The molecule has 0 aliphatic heterocycles. The van der Waals surface area contributed by atoms with Gasteiger partial charge in [0.1, 0.15) is 5.88 Å². The van der Waals surface area contributed by atoms with Crippen LogP contribution in [0.25, 0.3) is 0 Å².